The van der Waals surface area contributed by atoms with E-state index >= 15 is 0 Å². The van der Waals surface area contributed by atoms with Crippen molar-refractivity contribution in [2.24, 2.45) is 0 Å². The predicted molar refractivity (Wildman–Crippen MR) is 93.2 cm³/mol. The number of allylic oxidation sites excluding steroid dienone is 2. The fraction of sp³-hybridized carbons (Fsp3) is 0.333. The first-order chi connectivity index (χ1) is 12.0. The molecule has 1 unspecified atom stereocenters. The highest BCUT2D eigenvalue weighted by Crippen LogP contribution is 2.35. The molecule has 1 aliphatic heterocycles. The smallest absolute Gasteiger partial charge is 0.351 e. The number of esters is 1. The molecule has 0 radical (unpaired) electrons. The highest BCUT2D eigenvalue weighted by Gasteiger charge is 2.33. The first-order valence-corrected chi connectivity index (χ1v) is 7.90. The van der Waals surface area contributed by atoms with Crippen LogP contribution in [0.3, 0.4) is 0 Å². The van der Waals surface area contributed by atoms with Crippen molar-refractivity contribution in [2.45, 2.75) is 39.2 Å². The fourth-order valence-electron chi connectivity index (χ4n) is 2.63. The SMILES string of the molecule is CC1=C(C(=O)OC(C)(C)C)C(c2cccc([N+](=O)[O-])c2)C=C(C(=O)O)N1. The highest BCUT2D eigenvalue weighted by atomic mass is 16.6. The zero-order valence-electron chi connectivity index (χ0n) is 14.9. The summed E-state index contributed by atoms with van der Waals surface area (Å²) in [7, 11) is 0. The zero-order valence-corrected chi connectivity index (χ0v) is 14.9. The van der Waals surface area contributed by atoms with Gasteiger partial charge >= 0.3 is 11.9 Å². The Bertz CT molecular complexity index is 832. The Hall–Kier alpha value is -3.16. The summed E-state index contributed by atoms with van der Waals surface area (Å²) in [6, 6.07) is 5.75. The number of nitrogens with zero attached hydrogens (tertiary/aromatic N) is 1. The minimum Gasteiger partial charge on any atom is -0.477 e. The highest BCUT2D eigenvalue weighted by molar-refractivity contribution is 5.95. The molecular weight excluding hydrogens is 340 g/mol. The average molecular weight is 360 g/mol. The van der Waals surface area contributed by atoms with Crippen molar-refractivity contribution in [1.29, 1.82) is 0 Å². The second kappa shape index (κ2) is 6.99. The molecule has 1 aliphatic rings. The van der Waals surface area contributed by atoms with Crippen LogP contribution in [-0.4, -0.2) is 27.6 Å². The van der Waals surface area contributed by atoms with Gasteiger partial charge in [-0.3, -0.25) is 10.1 Å². The Labute approximate surface area is 150 Å². The number of nitro benzene ring substituents is 1. The number of carboxylic acids is 1. The second-order valence-corrected chi connectivity index (χ2v) is 6.88. The van der Waals surface area contributed by atoms with E-state index in [0.29, 0.717) is 11.3 Å². The van der Waals surface area contributed by atoms with Crippen molar-refractivity contribution in [2.75, 3.05) is 0 Å². The van der Waals surface area contributed by atoms with Gasteiger partial charge in [0.1, 0.15) is 11.3 Å². The monoisotopic (exact) mass is 360 g/mol. The van der Waals surface area contributed by atoms with Crippen molar-refractivity contribution in [3.63, 3.8) is 0 Å². The molecular formula is C18H20N2O6. The maximum atomic E-state index is 12.7. The molecule has 0 bridgehead atoms. The standard InChI is InChI=1S/C18H20N2O6/c1-10-15(17(23)26-18(2,3)4)13(9-14(19-10)16(21)22)11-6-5-7-12(8-11)20(24)25/h5-9,13,19H,1-4H3,(H,21,22). The number of non-ortho nitro benzene ring substituents is 1. The Morgan fingerprint density at radius 3 is 2.50 bits per heavy atom. The van der Waals surface area contributed by atoms with Gasteiger partial charge in [0, 0.05) is 23.7 Å². The van der Waals surface area contributed by atoms with Gasteiger partial charge < -0.3 is 15.2 Å². The number of aliphatic carboxylic acids is 1. The van der Waals surface area contributed by atoms with Crippen LogP contribution in [0, 0.1) is 10.1 Å². The molecule has 2 N–H and O–H groups in total. The number of nitro groups is 1. The van der Waals surface area contributed by atoms with Crippen LogP contribution in [0.15, 0.2) is 47.3 Å². The number of ether oxygens (including phenoxy) is 1. The van der Waals surface area contributed by atoms with Crippen LogP contribution in [0.4, 0.5) is 5.69 Å². The third-order valence-corrected chi connectivity index (χ3v) is 3.66. The molecule has 0 aromatic heterocycles. The summed E-state index contributed by atoms with van der Waals surface area (Å²) in [5.41, 5.74) is -0.0199. The van der Waals surface area contributed by atoms with Gasteiger partial charge in [-0.15, -0.1) is 0 Å². The van der Waals surface area contributed by atoms with E-state index in [-0.39, 0.29) is 17.0 Å². The van der Waals surface area contributed by atoms with Crippen LogP contribution in [0.5, 0.6) is 0 Å². The molecule has 1 heterocycles. The first kappa shape index (κ1) is 19.2. The molecule has 0 saturated heterocycles. The number of carboxylic acid groups (broad SMARTS) is 1. The van der Waals surface area contributed by atoms with Gasteiger partial charge in [0.25, 0.3) is 5.69 Å². The normalized spacial score (nSPS) is 17.2. The van der Waals surface area contributed by atoms with Gasteiger partial charge in [-0.25, -0.2) is 9.59 Å². The molecule has 0 spiro atoms. The van der Waals surface area contributed by atoms with Crippen LogP contribution < -0.4 is 5.32 Å². The molecule has 8 heteroatoms. The van der Waals surface area contributed by atoms with E-state index in [9.17, 15) is 24.8 Å². The lowest BCUT2D eigenvalue weighted by Crippen LogP contribution is -2.32. The first-order valence-electron chi connectivity index (χ1n) is 7.90. The van der Waals surface area contributed by atoms with Crippen LogP contribution in [0.2, 0.25) is 0 Å². The Morgan fingerprint density at radius 1 is 1.31 bits per heavy atom. The van der Waals surface area contributed by atoms with Crippen molar-refractivity contribution in [3.8, 4) is 0 Å². The van der Waals surface area contributed by atoms with Crippen LogP contribution in [-0.2, 0) is 14.3 Å². The van der Waals surface area contributed by atoms with E-state index in [0.717, 1.165) is 0 Å². The van der Waals surface area contributed by atoms with Crippen molar-refractivity contribution in [1.82, 2.24) is 5.32 Å². The van der Waals surface area contributed by atoms with Gasteiger partial charge in [-0.05, 0) is 39.3 Å². The molecule has 1 aromatic rings. The van der Waals surface area contributed by atoms with Crippen LogP contribution in [0.1, 0.15) is 39.2 Å². The van der Waals surface area contributed by atoms with E-state index in [1.54, 1.807) is 33.8 Å². The number of hydrogen-bond acceptors (Lipinski definition) is 6. The second-order valence-electron chi connectivity index (χ2n) is 6.88. The van der Waals surface area contributed by atoms with Gasteiger partial charge in [0.2, 0.25) is 0 Å². The maximum Gasteiger partial charge on any atom is 0.351 e. The lowest BCUT2D eigenvalue weighted by atomic mass is 9.86. The van der Waals surface area contributed by atoms with E-state index in [2.05, 4.69) is 5.32 Å². The Kier molecular flexibility index (Phi) is 5.15. The maximum absolute atomic E-state index is 12.7. The molecule has 26 heavy (non-hydrogen) atoms. The fourth-order valence-corrected chi connectivity index (χ4v) is 2.63. The van der Waals surface area contributed by atoms with Crippen LogP contribution in [0.25, 0.3) is 0 Å². The number of nitrogens with one attached hydrogen (secondary N) is 1. The van der Waals surface area contributed by atoms with Gasteiger partial charge in [-0.2, -0.15) is 0 Å². The van der Waals surface area contributed by atoms with Crippen molar-refractivity contribution in [3.05, 3.63) is 63.0 Å². The molecule has 0 fully saturated rings. The minimum atomic E-state index is -1.19. The lowest BCUT2D eigenvalue weighted by Gasteiger charge is -2.28. The van der Waals surface area contributed by atoms with Crippen molar-refractivity contribution < 1.29 is 24.4 Å². The third-order valence-electron chi connectivity index (χ3n) is 3.66. The summed E-state index contributed by atoms with van der Waals surface area (Å²) < 4.78 is 5.43. The molecule has 0 aliphatic carbocycles. The quantitative estimate of drug-likeness (QED) is 0.481. The van der Waals surface area contributed by atoms with Gasteiger partial charge in [-0.1, -0.05) is 12.1 Å². The van der Waals surface area contributed by atoms with E-state index in [1.807, 2.05) is 0 Å². The van der Waals surface area contributed by atoms with Gasteiger partial charge in [0.05, 0.1) is 10.5 Å². The molecule has 2 rings (SSSR count). The molecule has 0 saturated carbocycles. The Balaban J connectivity index is 2.56. The van der Waals surface area contributed by atoms with E-state index < -0.39 is 28.4 Å². The zero-order chi connectivity index (χ0) is 19.6. The molecule has 8 nitrogen and oxygen atoms in total. The summed E-state index contributed by atoms with van der Waals surface area (Å²) >= 11 is 0. The Morgan fingerprint density at radius 2 is 1.96 bits per heavy atom. The molecule has 0 amide bonds. The summed E-state index contributed by atoms with van der Waals surface area (Å²) in [5.74, 6) is -2.58. The van der Waals surface area contributed by atoms with Gasteiger partial charge in [0.15, 0.2) is 0 Å². The largest absolute Gasteiger partial charge is 0.477 e. The van der Waals surface area contributed by atoms with E-state index in [4.69, 9.17) is 4.74 Å². The van der Waals surface area contributed by atoms with Crippen LogP contribution >= 0.6 is 0 Å². The molecule has 1 aromatic carbocycles. The average Bonchev–Trinajstić information content (AvgIpc) is 2.52. The lowest BCUT2D eigenvalue weighted by molar-refractivity contribution is -0.384. The summed E-state index contributed by atoms with van der Waals surface area (Å²) in [5, 5.41) is 23.0. The number of carbonyl (C=O) groups excluding carboxylic acids is 1. The topological polar surface area (TPSA) is 119 Å². The van der Waals surface area contributed by atoms with Crippen molar-refractivity contribution >= 4 is 17.6 Å². The summed E-state index contributed by atoms with van der Waals surface area (Å²) in [6.45, 7) is 6.73. The molecule has 1 atom stereocenters. The minimum absolute atomic E-state index is 0.105. The number of benzene rings is 1. The number of rotatable bonds is 4. The summed E-state index contributed by atoms with van der Waals surface area (Å²) in [4.78, 5) is 34.6. The third kappa shape index (κ3) is 4.27. The summed E-state index contributed by atoms with van der Waals surface area (Å²) in [6.07, 6.45) is 1.35. The number of dihydropyridines is 1. The number of hydrogen-bond donors (Lipinski definition) is 2. The molecule has 138 valence electrons. The number of carbonyl (C=O) groups is 2. The van der Waals surface area contributed by atoms with E-state index in [1.165, 1.54) is 24.3 Å². The predicted octanol–water partition coefficient (Wildman–Crippen LogP) is 2.87.